The van der Waals surface area contributed by atoms with Crippen LogP contribution in [0.5, 0.6) is 0 Å². The summed E-state index contributed by atoms with van der Waals surface area (Å²) in [5.74, 6) is 0.742. The standard InChI is InChI=1S/C36H26N2/c1-24-15-17-25(18-16-24)28-19-20-29-21-30-13-8-14-31(35(30)32(29)22-28)34-23-33(26-9-4-2-5-10-26)37-36(38-34)27-11-6-3-7-12-27/h2-20,22-23H,21H2,1H3. The van der Waals surface area contributed by atoms with Gasteiger partial charge in [-0.3, -0.25) is 0 Å². The van der Waals surface area contributed by atoms with E-state index in [1.165, 1.54) is 38.9 Å². The second-order valence-electron chi connectivity index (χ2n) is 9.95. The molecule has 0 amide bonds. The highest BCUT2D eigenvalue weighted by molar-refractivity contribution is 5.92. The highest BCUT2D eigenvalue weighted by Gasteiger charge is 2.24. The monoisotopic (exact) mass is 486 g/mol. The quantitative estimate of drug-likeness (QED) is 0.248. The first-order valence-corrected chi connectivity index (χ1v) is 13.1. The van der Waals surface area contributed by atoms with Crippen molar-refractivity contribution in [2.45, 2.75) is 13.3 Å². The van der Waals surface area contributed by atoms with Crippen molar-refractivity contribution >= 4 is 0 Å². The summed E-state index contributed by atoms with van der Waals surface area (Å²) in [6, 6.07) is 45.1. The maximum absolute atomic E-state index is 5.13. The minimum Gasteiger partial charge on any atom is -0.228 e. The van der Waals surface area contributed by atoms with E-state index >= 15 is 0 Å². The zero-order chi connectivity index (χ0) is 25.5. The van der Waals surface area contributed by atoms with Gasteiger partial charge in [-0.05, 0) is 58.9 Å². The topological polar surface area (TPSA) is 25.8 Å². The molecular weight excluding hydrogens is 460 g/mol. The number of hydrogen-bond acceptors (Lipinski definition) is 2. The van der Waals surface area contributed by atoms with Crippen molar-refractivity contribution in [2.75, 3.05) is 0 Å². The highest BCUT2D eigenvalue weighted by atomic mass is 14.9. The van der Waals surface area contributed by atoms with Crippen molar-refractivity contribution in [3.63, 3.8) is 0 Å². The van der Waals surface area contributed by atoms with Gasteiger partial charge in [-0.15, -0.1) is 0 Å². The van der Waals surface area contributed by atoms with Gasteiger partial charge < -0.3 is 0 Å². The zero-order valence-electron chi connectivity index (χ0n) is 21.2. The molecule has 1 aromatic heterocycles. The lowest BCUT2D eigenvalue weighted by molar-refractivity contribution is 1.18. The van der Waals surface area contributed by atoms with Gasteiger partial charge >= 0.3 is 0 Å². The summed E-state index contributed by atoms with van der Waals surface area (Å²) in [6.07, 6.45) is 0.939. The molecular formula is C36H26N2. The van der Waals surface area contributed by atoms with E-state index in [0.717, 1.165) is 40.3 Å². The molecule has 0 unspecified atom stereocenters. The summed E-state index contributed by atoms with van der Waals surface area (Å²) < 4.78 is 0. The molecule has 0 radical (unpaired) electrons. The largest absolute Gasteiger partial charge is 0.228 e. The van der Waals surface area contributed by atoms with Crippen LogP contribution in [0.1, 0.15) is 16.7 Å². The molecule has 38 heavy (non-hydrogen) atoms. The molecule has 0 atom stereocenters. The zero-order valence-corrected chi connectivity index (χ0v) is 21.2. The lowest BCUT2D eigenvalue weighted by Crippen LogP contribution is -1.97. The molecule has 2 nitrogen and oxygen atoms in total. The Kier molecular flexibility index (Phi) is 5.44. The Hall–Kier alpha value is -4.82. The second-order valence-corrected chi connectivity index (χ2v) is 9.95. The first kappa shape index (κ1) is 22.4. The van der Waals surface area contributed by atoms with Gasteiger partial charge in [0.1, 0.15) is 0 Å². The molecule has 0 saturated carbocycles. The second kappa shape index (κ2) is 9.24. The first-order chi connectivity index (χ1) is 18.7. The van der Waals surface area contributed by atoms with Crippen LogP contribution in [0.25, 0.3) is 56.2 Å². The normalized spacial score (nSPS) is 11.7. The molecule has 0 N–H and O–H groups in total. The average molecular weight is 487 g/mol. The third kappa shape index (κ3) is 4.01. The first-order valence-electron chi connectivity index (χ1n) is 13.1. The molecule has 2 heteroatoms. The maximum Gasteiger partial charge on any atom is 0.160 e. The Labute approximate surface area is 223 Å². The van der Waals surface area contributed by atoms with Crippen molar-refractivity contribution in [3.05, 3.63) is 144 Å². The molecule has 0 saturated heterocycles. The van der Waals surface area contributed by atoms with E-state index in [4.69, 9.17) is 9.97 Å². The van der Waals surface area contributed by atoms with Crippen LogP contribution in [0.15, 0.2) is 127 Å². The van der Waals surface area contributed by atoms with E-state index in [1.54, 1.807) is 0 Å². The molecule has 1 aliphatic rings. The molecule has 0 aliphatic heterocycles. The van der Waals surface area contributed by atoms with E-state index in [0.29, 0.717) is 0 Å². The molecule has 180 valence electrons. The van der Waals surface area contributed by atoms with Crippen LogP contribution in [-0.4, -0.2) is 9.97 Å². The lowest BCUT2D eigenvalue weighted by atomic mass is 9.94. The predicted molar refractivity (Wildman–Crippen MR) is 157 cm³/mol. The van der Waals surface area contributed by atoms with E-state index in [1.807, 2.05) is 24.3 Å². The van der Waals surface area contributed by atoms with Crippen molar-refractivity contribution in [1.82, 2.24) is 9.97 Å². The van der Waals surface area contributed by atoms with Gasteiger partial charge in [-0.25, -0.2) is 9.97 Å². The Morgan fingerprint density at radius 1 is 0.474 bits per heavy atom. The van der Waals surface area contributed by atoms with E-state index in [9.17, 15) is 0 Å². The smallest absolute Gasteiger partial charge is 0.160 e. The lowest BCUT2D eigenvalue weighted by Gasteiger charge is -2.13. The van der Waals surface area contributed by atoms with Gasteiger partial charge in [-0.2, -0.15) is 0 Å². The van der Waals surface area contributed by atoms with Gasteiger partial charge in [0, 0.05) is 16.7 Å². The van der Waals surface area contributed by atoms with E-state index in [-0.39, 0.29) is 0 Å². The summed E-state index contributed by atoms with van der Waals surface area (Å²) in [4.78, 5) is 10.1. The fraction of sp³-hybridized carbons (Fsp3) is 0.0556. The van der Waals surface area contributed by atoms with Crippen LogP contribution in [0.3, 0.4) is 0 Å². The number of aryl methyl sites for hydroxylation is 1. The van der Waals surface area contributed by atoms with Crippen molar-refractivity contribution < 1.29 is 0 Å². The van der Waals surface area contributed by atoms with Gasteiger partial charge in [0.05, 0.1) is 11.4 Å². The summed E-state index contributed by atoms with van der Waals surface area (Å²) in [5.41, 5.74) is 14.2. The Balaban J connectivity index is 1.42. The van der Waals surface area contributed by atoms with E-state index in [2.05, 4.69) is 110 Å². The number of nitrogens with zero attached hydrogens (tertiary/aromatic N) is 2. The fourth-order valence-electron chi connectivity index (χ4n) is 5.43. The van der Waals surface area contributed by atoms with Crippen LogP contribution >= 0.6 is 0 Å². The predicted octanol–water partition coefficient (Wildman–Crippen LogP) is 9.02. The number of fused-ring (bicyclic) bond motifs is 3. The summed E-state index contributed by atoms with van der Waals surface area (Å²) in [5, 5.41) is 0. The molecule has 6 aromatic rings. The van der Waals surface area contributed by atoms with Gasteiger partial charge in [0.2, 0.25) is 0 Å². The minimum atomic E-state index is 0.742. The van der Waals surface area contributed by atoms with Crippen molar-refractivity contribution in [2.24, 2.45) is 0 Å². The summed E-state index contributed by atoms with van der Waals surface area (Å²) in [6.45, 7) is 2.13. The van der Waals surface area contributed by atoms with Crippen LogP contribution in [0, 0.1) is 6.92 Å². The van der Waals surface area contributed by atoms with E-state index < -0.39 is 0 Å². The Morgan fingerprint density at radius 2 is 1.16 bits per heavy atom. The number of aromatic nitrogens is 2. The number of rotatable bonds is 4. The van der Waals surface area contributed by atoms with Gasteiger partial charge in [-0.1, -0.05) is 121 Å². The molecule has 5 aromatic carbocycles. The van der Waals surface area contributed by atoms with Gasteiger partial charge in [0.25, 0.3) is 0 Å². The molecule has 1 heterocycles. The van der Waals surface area contributed by atoms with Crippen LogP contribution < -0.4 is 0 Å². The van der Waals surface area contributed by atoms with Crippen LogP contribution in [0.2, 0.25) is 0 Å². The summed E-state index contributed by atoms with van der Waals surface area (Å²) >= 11 is 0. The van der Waals surface area contributed by atoms with Crippen LogP contribution in [-0.2, 0) is 6.42 Å². The molecule has 7 rings (SSSR count). The Bertz CT molecular complexity index is 1710. The van der Waals surface area contributed by atoms with Crippen molar-refractivity contribution in [3.8, 4) is 56.2 Å². The third-order valence-corrected chi connectivity index (χ3v) is 7.40. The van der Waals surface area contributed by atoms with Crippen LogP contribution in [0.4, 0.5) is 0 Å². The molecule has 1 aliphatic carbocycles. The van der Waals surface area contributed by atoms with Gasteiger partial charge in [0.15, 0.2) is 5.82 Å². The number of benzene rings is 5. The molecule has 0 bridgehead atoms. The van der Waals surface area contributed by atoms with Crippen molar-refractivity contribution in [1.29, 1.82) is 0 Å². The highest BCUT2D eigenvalue weighted by Crippen LogP contribution is 2.44. The Morgan fingerprint density at radius 3 is 1.92 bits per heavy atom. The fourth-order valence-corrected chi connectivity index (χ4v) is 5.43. The number of hydrogen-bond donors (Lipinski definition) is 0. The molecule has 0 spiro atoms. The summed E-state index contributed by atoms with van der Waals surface area (Å²) in [7, 11) is 0. The minimum absolute atomic E-state index is 0.742. The SMILES string of the molecule is Cc1ccc(-c2ccc3c(c2)-c2c(cccc2-c2cc(-c4ccccc4)nc(-c4ccccc4)n2)C3)cc1. The average Bonchev–Trinajstić information content (AvgIpc) is 3.36. The molecule has 0 fully saturated rings. The maximum atomic E-state index is 5.13. The third-order valence-electron chi connectivity index (χ3n) is 7.40.